The van der Waals surface area contributed by atoms with Crippen LogP contribution in [0.1, 0.15) is 38.8 Å². The lowest BCUT2D eigenvalue weighted by Gasteiger charge is -2.39. The minimum atomic E-state index is -5.53. The van der Waals surface area contributed by atoms with Crippen LogP contribution < -0.4 is 0 Å². The number of ketones is 1. The van der Waals surface area contributed by atoms with Gasteiger partial charge in [-0.1, -0.05) is 55.1 Å². The molecule has 0 saturated carbocycles. The van der Waals surface area contributed by atoms with Gasteiger partial charge in [-0.2, -0.15) is 0 Å². The first-order valence-corrected chi connectivity index (χ1v) is 11.4. The van der Waals surface area contributed by atoms with Crippen LogP contribution in [-0.4, -0.2) is 30.8 Å². The van der Waals surface area contributed by atoms with Crippen molar-refractivity contribution in [3.63, 3.8) is 0 Å². The van der Waals surface area contributed by atoms with Crippen LogP contribution in [0.3, 0.4) is 0 Å². The van der Waals surface area contributed by atoms with Gasteiger partial charge in [-0.25, -0.2) is 4.21 Å². The molecule has 0 radical (unpaired) electrons. The molecule has 0 aliphatic carbocycles. The third-order valence-corrected chi connectivity index (χ3v) is 7.50. The molecule has 162 valence electrons. The summed E-state index contributed by atoms with van der Waals surface area (Å²) in [6.45, 7) is 9.24. The van der Waals surface area contributed by atoms with E-state index in [4.69, 9.17) is 4.74 Å². The van der Waals surface area contributed by atoms with E-state index in [1.54, 1.807) is 44.2 Å². The highest BCUT2D eigenvalue weighted by Crippen LogP contribution is 2.39. The van der Waals surface area contributed by atoms with Gasteiger partial charge in [-0.3, -0.25) is 9.59 Å². The zero-order chi connectivity index (χ0) is 22.8. The molecule has 0 aromatic heterocycles. The molecule has 7 heteroatoms. The van der Waals surface area contributed by atoms with E-state index >= 15 is 0 Å². The highest BCUT2D eigenvalue weighted by molar-refractivity contribution is 8.10. The maximum Gasteiger partial charge on any atom is 0.321 e. The van der Waals surface area contributed by atoms with Crippen LogP contribution in [-0.2, 0) is 29.6 Å². The number of carbonyl (C=O) groups excluding carboxylic acids is 2. The monoisotopic (exact) mass is 432 g/mol. The summed E-state index contributed by atoms with van der Waals surface area (Å²) in [6, 6.07) is 14.5. The van der Waals surface area contributed by atoms with E-state index in [1.165, 1.54) is 31.2 Å². The first-order chi connectivity index (χ1) is 13.7. The van der Waals surface area contributed by atoms with Crippen molar-refractivity contribution >= 4 is 27.5 Å². The summed E-state index contributed by atoms with van der Waals surface area (Å²) in [5.41, 5.74) is -1.77. The van der Waals surface area contributed by atoms with Crippen LogP contribution in [0.4, 0.5) is 0 Å². The lowest BCUT2D eigenvalue weighted by atomic mass is 9.88. The number of hydrogen-bond acceptors (Lipinski definition) is 4. The first kappa shape index (κ1) is 23.7. The van der Waals surface area contributed by atoms with E-state index in [-0.39, 0.29) is 4.90 Å². The largest absolute Gasteiger partial charge is 0.454 e. The van der Waals surface area contributed by atoms with E-state index in [9.17, 15) is 22.9 Å². The standard InChI is InChI=1S/C23H28O6S/c1-6-18-12-14-20(15-13-18)30(26,27,28)16-23(5,17(2)24)21(25)29-22(3,4)19-10-8-7-9-11-19/h6-15H,1,16H2,2-5H3,(H2,26,27,28). The maximum absolute atomic E-state index is 13.2. The molecule has 30 heavy (non-hydrogen) atoms. The van der Waals surface area contributed by atoms with E-state index in [1.807, 2.05) is 6.07 Å². The highest BCUT2D eigenvalue weighted by Gasteiger charge is 2.51. The van der Waals surface area contributed by atoms with Crippen LogP contribution >= 0.6 is 0 Å². The van der Waals surface area contributed by atoms with Gasteiger partial charge in [-0.05, 0) is 51.0 Å². The van der Waals surface area contributed by atoms with Crippen molar-refractivity contribution in [1.82, 2.24) is 0 Å². The number of rotatable bonds is 8. The third kappa shape index (κ3) is 4.92. The van der Waals surface area contributed by atoms with Gasteiger partial charge in [0, 0.05) is 0 Å². The summed E-state index contributed by atoms with van der Waals surface area (Å²) in [5.74, 6) is -2.70. The number of carbonyl (C=O) groups is 2. The minimum Gasteiger partial charge on any atom is -0.454 e. The fraction of sp³-hybridized carbons (Fsp3) is 0.304. The molecular formula is C23H28O6S. The van der Waals surface area contributed by atoms with Crippen LogP contribution in [0.5, 0.6) is 0 Å². The van der Waals surface area contributed by atoms with Gasteiger partial charge in [0.15, 0.2) is 0 Å². The number of ether oxygens (including phenoxy) is 1. The topological polar surface area (TPSA) is 101 Å². The Labute approximate surface area is 177 Å². The molecule has 6 nitrogen and oxygen atoms in total. The maximum atomic E-state index is 13.2. The van der Waals surface area contributed by atoms with Crippen molar-refractivity contribution in [3.8, 4) is 0 Å². The average molecular weight is 433 g/mol. The first-order valence-electron chi connectivity index (χ1n) is 9.37. The predicted molar refractivity (Wildman–Crippen MR) is 117 cm³/mol. The van der Waals surface area contributed by atoms with Crippen molar-refractivity contribution in [2.24, 2.45) is 5.41 Å². The molecule has 0 spiro atoms. The summed E-state index contributed by atoms with van der Waals surface area (Å²) >= 11 is 0. The number of esters is 1. The second-order valence-electron chi connectivity index (χ2n) is 8.09. The fourth-order valence-corrected chi connectivity index (χ4v) is 5.24. The van der Waals surface area contributed by atoms with E-state index in [0.29, 0.717) is 11.1 Å². The lowest BCUT2D eigenvalue weighted by molar-refractivity contribution is -0.170. The number of benzene rings is 2. The van der Waals surface area contributed by atoms with E-state index in [0.717, 1.165) is 6.92 Å². The van der Waals surface area contributed by atoms with E-state index in [2.05, 4.69) is 6.58 Å². The second kappa shape index (κ2) is 7.91. The molecule has 2 N–H and O–H groups in total. The molecule has 0 saturated heterocycles. The Morgan fingerprint density at radius 3 is 2.03 bits per heavy atom. The molecule has 1 atom stereocenters. The predicted octanol–water partition coefficient (Wildman–Crippen LogP) is 4.53. The highest BCUT2D eigenvalue weighted by atomic mass is 32.3. The van der Waals surface area contributed by atoms with Gasteiger partial charge >= 0.3 is 5.97 Å². The van der Waals surface area contributed by atoms with Crippen LogP contribution in [0.25, 0.3) is 6.08 Å². The minimum absolute atomic E-state index is 0.291. The molecule has 2 rings (SSSR count). The van der Waals surface area contributed by atoms with Gasteiger partial charge in [0.2, 0.25) is 0 Å². The SMILES string of the molecule is C=Cc1ccc(S(=O)(O)(O)CC(C)(C(C)=O)C(=O)OC(C)(C)c2ccccc2)cc1. The smallest absolute Gasteiger partial charge is 0.321 e. The van der Waals surface area contributed by atoms with Crippen LogP contribution in [0, 0.1) is 5.41 Å². The lowest BCUT2D eigenvalue weighted by Crippen LogP contribution is -2.51. The van der Waals surface area contributed by atoms with Gasteiger partial charge in [0.05, 0.1) is 10.6 Å². The summed E-state index contributed by atoms with van der Waals surface area (Å²) < 4.78 is 40.1. The summed E-state index contributed by atoms with van der Waals surface area (Å²) in [4.78, 5) is 25.2. The van der Waals surface area contributed by atoms with Crippen molar-refractivity contribution in [2.45, 2.75) is 38.2 Å². The average Bonchev–Trinajstić information content (AvgIpc) is 2.67. The Morgan fingerprint density at radius 1 is 1.03 bits per heavy atom. The molecule has 2 aromatic carbocycles. The molecule has 2 aromatic rings. The van der Waals surface area contributed by atoms with Crippen molar-refractivity contribution in [2.75, 3.05) is 5.75 Å². The molecule has 1 unspecified atom stereocenters. The normalized spacial score (nSPS) is 15.3. The third-order valence-electron chi connectivity index (χ3n) is 5.18. The van der Waals surface area contributed by atoms with Crippen LogP contribution in [0.15, 0.2) is 66.1 Å². The molecule has 0 heterocycles. The Hall–Kier alpha value is -2.61. The fourth-order valence-electron chi connectivity index (χ4n) is 3.03. The molecule has 0 aliphatic heterocycles. The van der Waals surface area contributed by atoms with Gasteiger partial charge in [-0.15, -0.1) is 0 Å². The van der Waals surface area contributed by atoms with Crippen molar-refractivity contribution in [1.29, 1.82) is 0 Å². The Kier molecular flexibility index (Phi) is 6.24. The molecular weight excluding hydrogens is 404 g/mol. The van der Waals surface area contributed by atoms with E-state index < -0.39 is 38.1 Å². The van der Waals surface area contributed by atoms with Gasteiger partial charge in [0.25, 0.3) is 0 Å². The molecule has 0 fully saturated rings. The van der Waals surface area contributed by atoms with Gasteiger partial charge in [0.1, 0.15) is 26.4 Å². The van der Waals surface area contributed by atoms with Gasteiger partial charge < -0.3 is 13.8 Å². The molecule has 0 amide bonds. The molecule has 0 aliphatic rings. The van der Waals surface area contributed by atoms with Crippen molar-refractivity contribution in [3.05, 3.63) is 72.3 Å². The quantitative estimate of drug-likeness (QED) is 0.470. The zero-order valence-electron chi connectivity index (χ0n) is 17.6. The summed E-state index contributed by atoms with van der Waals surface area (Å²) in [7, 11) is -5.53. The Morgan fingerprint density at radius 2 is 1.57 bits per heavy atom. The van der Waals surface area contributed by atoms with Crippen LogP contribution in [0.2, 0.25) is 0 Å². The number of Topliss-reactive ketones (excluding diaryl/α,β-unsaturated/α-hetero) is 1. The summed E-state index contributed by atoms with van der Waals surface area (Å²) in [5, 5.41) is 0. The second-order valence-corrected chi connectivity index (χ2v) is 10.9. The summed E-state index contributed by atoms with van der Waals surface area (Å²) in [6.07, 6.45) is 1.54. The Balaban J connectivity index is 2.40. The zero-order valence-corrected chi connectivity index (χ0v) is 18.4. The number of hydrogen-bond donors (Lipinski definition) is 2. The Bertz CT molecular complexity index is 1020. The van der Waals surface area contributed by atoms with Crippen molar-refractivity contribution < 1.29 is 27.6 Å². The molecule has 0 bridgehead atoms.